The van der Waals surface area contributed by atoms with Crippen LogP contribution in [-0.4, -0.2) is 87.4 Å². The lowest BCUT2D eigenvalue weighted by Gasteiger charge is -2.41. The van der Waals surface area contributed by atoms with Gasteiger partial charge in [-0.1, -0.05) is 30.7 Å². The maximum atomic E-state index is 15.1. The minimum Gasteiger partial charge on any atom is -0.489 e. The highest BCUT2D eigenvalue weighted by Gasteiger charge is 2.38. The van der Waals surface area contributed by atoms with E-state index >= 15 is 4.39 Å². The van der Waals surface area contributed by atoms with Crippen LogP contribution in [-0.2, 0) is 11.3 Å². The van der Waals surface area contributed by atoms with Crippen LogP contribution in [0.2, 0.25) is 5.02 Å². The number of anilines is 1. The Kier molecular flexibility index (Phi) is 7.51. The first-order valence-corrected chi connectivity index (χ1v) is 14.9. The summed E-state index contributed by atoms with van der Waals surface area (Å²) in [6.45, 7) is 11.1. The van der Waals surface area contributed by atoms with E-state index in [1.54, 1.807) is 27.7 Å². The lowest BCUT2D eigenvalue weighted by molar-refractivity contribution is 0.0202. The summed E-state index contributed by atoms with van der Waals surface area (Å²) >= 11 is 6.95. The van der Waals surface area contributed by atoms with Crippen molar-refractivity contribution in [2.75, 3.05) is 44.2 Å². The zero-order chi connectivity index (χ0) is 29.8. The van der Waals surface area contributed by atoms with Crippen LogP contribution in [0.1, 0.15) is 40.5 Å². The third-order valence-electron chi connectivity index (χ3n) is 8.24. The van der Waals surface area contributed by atoms with Crippen LogP contribution in [0, 0.1) is 5.82 Å². The molecule has 0 spiro atoms. The molecule has 10 nitrogen and oxygen atoms in total. The summed E-state index contributed by atoms with van der Waals surface area (Å²) in [7, 11) is 0. The van der Waals surface area contributed by atoms with Crippen LogP contribution < -0.4 is 15.3 Å². The molecular weight excluding hydrogens is 563 g/mol. The van der Waals surface area contributed by atoms with E-state index in [1.165, 1.54) is 6.07 Å². The number of fused-ring (bicyclic) bond motifs is 2. The zero-order valence-electron chi connectivity index (χ0n) is 24.4. The number of hydrogen-bond donors (Lipinski definition) is 0. The third-order valence-corrected chi connectivity index (χ3v) is 8.59. The number of piperazine rings is 1. The second-order valence-corrected chi connectivity index (χ2v) is 12.5. The predicted molar refractivity (Wildman–Crippen MR) is 159 cm³/mol. The lowest BCUT2D eigenvalue weighted by Crippen LogP contribution is -2.57. The van der Waals surface area contributed by atoms with Crippen molar-refractivity contribution in [3.8, 4) is 17.0 Å². The fraction of sp³-hybridized carbons (Fsp3) is 0.533. The third kappa shape index (κ3) is 5.17. The van der Waals surface area contributed by atoms with Gasteiger partial charge in [-0.15, -0.1) is 0 Å². The van der Waals surface area contributed by atoms with Gasteiger partial charge < -0.3 is 19.3 Å². The van der Waals surface area contributed by atoms with E-state index in [4.69, 9.17) is 26.1 Å². The highest BCUT2D eigenvalue weighted by atomic mass is 35.5. The Morgan fingerprint density at radius 3 is 2.71 bits per heavy atom. The van der Waals surface area contributed by atoms with Gasteiger partial charge in [0.2, 0.25) is 0 Å². The Labute approximate surface area is 249 Å². The molecule has 224 valence electrons. The number of likely N-dealkylation sites (N-methyl/N-ethyl adjacent to an activating group) is 1. The maximum Gasteiger partial charge on any atom is 0.410 e. The number of likely N-dealkylation sites (tertiary alicyclic amines) is 1. The number of aromatic nitrogens is 3. The average Bonchev–Trinajstić information content (AvgIpc) is 3.33. The van der Waals surface area contributed by atoms with Gasteiger partial charge in [-0.3, -0.25) is 9.47 Å². The number of benzene rings is 1. The van der Waals surface area contributed by atoms with Crippen molar-refractivity contribution in [1.82, 2.24) is 24.3 Å². The lowest BCUT2D eigenvalue weighted by atomic mass is 10.1. The highest BCUT2D eigenvalue weighted by Crippen LogP contribution is 2.45. The summed E-state index contributed by atoms with van der Waals surface area (Å²) in [5.41, 5.74) is -0.276. The first kappa shape index (κ1) is 28.7. The molecule has 1 amide bonds. The molecule has 1 aromatic carbocycles. The van der Waals surface area contributed by atoms with E-state index in [0.29, 0.717) is 48.8 Å². The molecule has 0 saturated carbocycles. The van der Waals surface area contributed by atoms with Gasteiger partial charge in [0.15, 0.2) is 11.4 Å². The molecule has 0 bridgehead atoms. The number of carbonyl (C=O) groups excluding carboxylic acids is 1. The second kappa shape index (κ2) is 11.0. The normalized spacial score (nSPS) is 20.8. The molecule has 0 aliphatic carbocycles. The van der Waals surface area contributed by atoms with Crippen molar-refractivity contribution in [3.05, 3.63) is 45.6 Å². The van der Waals surface area contributed by atoms with Crippen LogP contribution >= 0.6 is 11.6 Å². The molecule has 2 saturated heterocycles. The Hall–Kier alpha value is -3.44. The van der Waals surface area contributed by atoms with Crippen LogP contribution in [0.25, 0.3) is 22.3 Å². The van der Waals surface area contributed by atoms with E-state index in [1.807, 2.05) is 25.7 Å². The first-order valence-electron chi connectivity index (χ1n) is 14.6. The Balaban J connectivity index is 1.49. The van der Waals surface area contributed by atoms with Gasteiger partial charge in [-0.05, 0) is 58.8 Å². The standard InChI is InChI=1S/C30H36ClFN6O4/c1-5-35-12-8-9-18(35)16-38-26-22-25(23(31)24(33-26)20-10-6-7-11-21(20)32)41-17-19-15-36(29(40)42-30(2,3)4)13-14-37(19)27(22)34-28(38)39/h6-7,10-11,18-19H,5,8-9,12-17H2,1-4H3/t18-,19+/m0/s1. The summed E-state index contributed by atoms with van der Waals surface area (Å²) in [5, 5.41) is 0.676. The van der Waals surface area contributed by atoms with Gasteiger partial charge in [0.05, 0.1) is 11.7 Å². The van der Waals surface area contributed by atoms with E-state index in [2.05, 4.69) is 16.8 Å². The number of pyridine rings is 1. The monoisotopic (exact) mass is 598 g/mol. The summed E-state index contributed by atoms with van der Waals surface area (Å²) in [6, 6.07) is 6.12. The smallest absolute Gasteiger partial charge is 0.410 e. The Morgan fingerprint density at radius 2 is 1.98 bits per heavy atom. The maximum absolute atomic E-state index is 15.1. The van der Waals surface area contributed by atoms with Crippen LogP contribution in [0.5, 0.6) is 5.75 Å². The largest absolute Gasteiger partial charge is 0.489 e. The molecule has 3 aliphatic heterocycles. The van der Waals surface area contributed by atoms with E-state index in [0.717, 1.165) is 25.9 Å². The molecule has 2 fully saturated rings. The molecular formula is C30H36ClFN6O4. The van der Waals surface area contributed by atoms with Gasteiger partial charge in [-0.25, -0.2) is 19.0 Å². The zero-order valence-corrected chi connectivity index (χ0v) is 25.2. The molecule has 2 aromatic heterocycles. The minimum atomic E-state index is -0.627. The number of ether oxygens (including phenoxy) is 2. The highest BCUT2D eigenvalue weighted by molar-refractivity contribution is 6.36. The molecule has 12 heteroatoms. The van der Waals surface area contributed by atoms with Gasteiger partial charge in [-0.2, -0.15) is 4.98 Å². The van der Waals surface area contributed by atoms with E-state index in [9.17, 15) is 9.59 Å². The van der Waals surface area contributed by atoms with Crippen molar-refractivity contribution in [3.63, 3.8) is 0 Å². The molecule has 0 unspecified atom stereocenters. The quantitative estimate of drug-likeness (QED) is 0.432. The van der Waals surface area contributed by atoms with E-state index < -0.39 is 23.2 Å². The van der Waals surface area contributed by atoms with Crippen molar-refractivity contribution in [2.24, 2.45) is 0 Å². The van der Waals surface area contributed by atoms with Crippen molar-refractivity contribution in [1.29, 1.82) is 0 Å². The van der Waals surface area contributed by atoms with Gasteiger partial charge in [0.25, 0.3) is 0 Å². The van der Waals surface area contributed by atoms with Gasteiger partial charge >= 0.3 is 11.8 Å². The predicted octanol–water partition coefficient (Wildman–Crippen LogP) is 4.55. The second-order valence-electron chi connectivity index (χ2n) is 12.1. The van der Waals surface area contributed by atoms with Crippen molar-refractivity contribution < 1.29 is 18.7 Å². The molecule has 5 heterocycles. The molecule has 6 rings (SSSR count). The summed E-state index contributed by atoms with van der Waals surface area (Å²) in [6.07, 6.45) is 1.60. The number of nitrogens with zero attached hydrogens (tertiary/aromatic N) is 6. The Bertz CT molecular complexity index is 1590. The SMILES string of the molecule is CCN1CCC[C@H]1Cn1c(=O)nc2c3c(c(Cl)c(-c4ccccc4F)nc31)OC[C@H]1CN(C(=O)OC(C)(C)C)CCN21. The number of hydrogen-bond acceptors (Lipinski definition) is 8. The van der Waals surface area contributed by atoms with Crippen LogP contribution in [0.4, 0.5) is 15.0 Å². The van der Waals surface area contributed by atoms with Crippen LogP contribution in [0.3, 0.4) is 0 Å². The molecule has 3 aromatic rings. The summed E-state index contributed by atoms with van der Waals surface area (Å²) in [5.74, 6) is 0.252. The van der Waals surface area contributed by atoms with Crippen molar-refractivity contribution in [2.45, 2.75) is 64.8 Å². The topological polar surface area (TPSA) is 93.0 Å². The molecule has 2 atom stereocenters. The number of carbonyl (C=O) groups is 1. The molecule has 3 aliphatic rings. The summed E-state index contributed by atoms with van der Waals surface area (Å²) in [4.78, 5) is 42.1. The average molecular weight is 599 g/mol. The van der Waals surface area contributed by atoms with E-state index in [-0.39, 0.29) is 35.0 Å². The molecule has 42 heavy (non-hydrogen) atoms. The Morgan fingerprint density at radius 1 is 1.19 bits per heavy atom. The minimum absolute atomic E-state index is 0.151. The molecule has 0 N–H and O–H groups in total. The first-order chi connectivity index (χ1) is 20.1. The summed E-state index contributed by atoms with van der Waals surface area (Å²) < 4.78 is 28.6. The fourth-order valence-electron chi connectivity index (χ4n) is 6.24. The fourth-order valence-corrected chi connectivity index (χ4v) is 6.53. The number of amides is 1. The number of halogens is 2. The molecule has 0 radical (unpaired) electrons. The van der Waals surface area contributed by atoms with Crippen LogP contribution in [0.15, 0.2) is 29.1 Å². The van der Waals surface area contributed by atoms with Crippen molar-refractivity contribution >= 4 is 34.5 Å². The van der Waals surface area contributed by atoms with Gasteiger partial charge in [0.1, 0.15) is 34.3 Å². The van der Waals surface area contributed by atoms with Gasteiger partial charge in [0, 0.05) is 37.8 Å². The number of rotatable bonds is 4.